The van der Waals surface area contributed by atoms with Crippen molar-refractivity contribution in [1.29, 1.82) is 0 Å². The van der Waals surface area contributed by atoms with E-state index in [0.29, 0.717) is 23.8 Å². The van der Waals surface area contributed by atoms with E-state index in [1.807, 2.05) is 24.3 Å². The van der Waals surface area contributed by atoms with Crippen molar-refractivity contribution in [3.63, 3.8) is 0 Å². The summed E-state index contributed by atoms with van der Waals surface area (Å²) in [6.45, 7) is 6.83. The molecule has 1 amide bonds. The summed E-state index contributed by atoms with van der Waals surface area (Å²) < 4.78 is 10.6. The standard InChI is InChI=1S/C23H30N4O3/c1-3-18-7-4-5-10-21(18)25-23(24-11-12-27-13-15-30-16-14-27)26-22(28)19-8-6-9-20(17-19)29-2/h4-10,17H,3,11-16H2,1-2H3,(H2,24,25,26,28). The van der Waals surface area contributed by atoms with Crippen LogP contribution in [0.15, 0.2) is 53.5 Å². The number of carbonyl (C=O) groups excluding carboxylic acids is 1. The highest BCUT2D eigenvalue weighted by Crippen LogP contribution is 2.16. The van der Waals surface area contributed by atoms with Gasteiger partial charge in [-0.2, -0.15) is 0 Å². The normalized spacial score (nSPS) is 14.9. The second kappa shape index (κ2) is 11.3. The first-order chi connectivity index (χ1) is 14.7. The van der Waals surface area contributed by atoms with Gasteiger partial charge in [0.15, 0.2) is 0 Å². The summed E-state index contributed by atoms with van der Waals surface area (Å²) in [7, 11) is 1.58. The lowest BCUT2D eigenvalue weighted by molar-refractivity contribution is 0.0394. The molecule has 1 saturated heterocycles. The van der Waals surface area contributed by atoms with E-state index < -0.39 is 0 Å². The predicted octanol–water partition coefficient (Wildman–Crippen LogP) is 2.79. The zero-order valence-electron chi connectivity index (χ0n) is 17.7. The number of benzene rings is 2. The Morgan fingerprint density at radius 1 is 1.17 bits per heavy atom. The smallest absolute Gasteiger partial charge is 0.258 e. The first-order valence-electron chi connectivity index (χ1n) is 10.3. The van der Waals surface area contributed by atoms with Crippen molar-refractivity contribution in [3.05, 3.63) is 59.7 Å². The first-order valence-corrected chi connectivity index (χ1v) is 10.3. The molecule has 2 aromatic carbocycles. The van der Waals surface area contributed by atoms with Crippen molar-refractivity contribution < 1.29 is 14.3 Å². The minimum atomic E-state index is -0.236. The maximum atomic E-state index is 12.8. The molecule has 0 unspecified atom stereocenters. The summed E-state index contributed by atoms with van der Waals surface area (Å²) in [5, 5.41) is 6.23. The van der Waals surface area contributed by atoms with E-state index in [-0.39, 0.29) is 5.91 Å². The first kappa shape index (κ1) is 21.8. The van der Waals surface area contributed by atoms with E-state index in [0.717, 1.165) is 50.5 Å². The van der Waals surface area contributed by atoms with Gasteiger partial charge < -0.3 is 14.8 Å². The molecule has 0 bridgehead atoms. The highest BCUT2D eigenvalue weighted by Gasteiger charge is 2.13. The molecule has 0 saturated carbocycles. The molecule has 0 aromatic heterocycles. The third-order valence-electron chi connectivity index (χ3n) is 5.01. The molecular formula is C23H30N4O3. The molecule has 1 heterocycles. The second-order valence-electron chi connectivity index (χ2n) is 7.01. The molecule has 160 valence electrons. The summed E-state index contributed by atoms with van der Waals surface area (Å²) >= 11 is 0. The van der Waals surface area contributed by atoms with Gasteiger partial charge in [-0.3, -0.25) is 20.0 Å². The third-order valence-corrected chi connectivity index (χ3v) is 5.01. The topological polar surface area (TPSA) is 75.2 Å². The van der Waals surface area contributed by atoms with E-state index >= 15 is 0 Å². The third kappa shape index (κ3) is 6.30. The number of morpholine rings is 1. The van der Waals surface area contributed by atoms with Gasteiger partial charge in [-0.15, -0.1) is 0 Å². The van der Waals surface area contributed by atoms with Gasteiger partial charge in [0.1, 0.15) is 5.75 Å². The molecule has 2 aromatic rings. The number of aliphatic imine (C=N–C) groups is 1. The average molecular weight is 411 g/mol. The summed E-state index contributed by atoms with van der Waals surface area (Å²) in [6, 6.07) is 15.1. The quantitative estimate of drug-likeness (QED) is 0.542. The van der Waals surface area contributed by atoms with E-state index in [2.05, 4.69) is 33.5 Å². The van der Waals surface area contributed by atoms with Crippen LogP contribution in [0.4, 0.5) is 5.69 Å². The number of methoxy groups -OCH3 is 1. The number of hydrogen-bond donors (Lipinski definition) is 2. The summed E-state index contributed by atoms with van der Waals surface area (Å²) in [6.07, 6.45) is 0.883. The van der Waals surface area contributed by atoms with E-state index in [4.69, 9.17) is 9.47 Å². The Labute approximate surface area is 178 Å². The monoisotopic (exact) mass is 410 g/mol. The lowest BCUT2D eigenvalue weighted by Crippen LogP contribution is -2.39. The fourth-order valence-corrected chi connectivity index (χ4v) is 3.26. The Morgan fingerprint density at radius 3 is 2.73 bits per heavy atom. The Morgan fingerprint density at radius 2 is 1.97 bits per heavy atom. The zero-order chi connectivity index (χ0) is 21.2. The minimum absolute atomic E-state index is 0.236. The van der Waals surface area contributed by atoms with E-state index in [1.165, 1.54) is 0 Å². The van der Waals surface area contributed by atoms with Gasteiger partial charge in [-0.25, -0.2) is 0 Å². The number of para-hydroxylation sites is 1. The van der Waals surface area contributed by atoms with Crippen molar-refractivity contribution in [3.8, 4) is 5.75 Å². The zero-order valence-corrected chi connectivity index (χ0v) is 17.7. The second-order valence-corrected chi connectivity index (χ2v) is 7.01. The number of anilines is 1. The SMILES string of the molecule is CCc1ccccc1NC(=NCCN1CCOCC1)NC(=O)c1cccc(OC)c1. The van der Waals surface area contributed by atoms with Crippen molar-refractivity contribution in [1.82, 2.24) is 10.2 Å². The Hall–Kier alpha value is -2.90. The summed E-state index contributed by atoms with van der Waals surface area (Å²) in [4.78, 5) is 19.8. The van der Waals surface area contributed by atoms with Crippen LogP contribution in [0.2, 0.25) is 0 Å². The molecule has 3 rings (SSSR count). The molecule has 30 heavy (non-hydrogen) atoms. The molecule has 1 aliphatic rings. The minimum Gasteiger partial charge on any atom is -0.497 e. The molecule has 0 spiro atoms. The number of nitrogens with one attached hydrogen (secondary N) is 2. The predicted molar refractivity (Wildman–Crippen MR) is 119 cm³/mol. The largest absolute Gasteiger partial charge is 0.497 e. The number of guanidine groups is 1. The molecule has 0 atom stereocenters. The van der Waals surface area contributed by atoms with Gasteiger partial charge in [-0.1, -0.05) is 31.2 Å². The average Bonchev–Trinajstić information content (AvgIpc) is 2.80. The molecule has 0 radical (unpaired) electrons. The number of ether oxygens (including phenoxy) is 2. The van der Waals surface area contributed by atoms with Gasteiger partial charge in [0.25, 0.3) is 5.91 Å². The molecule has 2 N–H and O–H groups in total. The van der Waals surface area contributed by atoms with Crippen LogP contribution >= 0.6 is 0 Å². The van der Waals surface area contributed by atoms with Crippen molar-refractivity contribution in [2.45, 2.75) is 13.3 Å². The maximum Gasteiger partial charge on any atom is 0.258 e. The van der Waals surface area contributed by atoms with Crippen LogP contribution in [0.25, 0.3) is 0 Å². The summed E-state index contributed by atoms with van der Waals surface area (Å²) in [5.41, 5.74) is 2.62. The molecule has 7 heteroatoms. The van der Waals surface area contributed by atoms with Crippen molar-refractivity contribution >= 4 is 17.6 Å². The number of nitrogens with zero attached hydrogens (tertiary/aromatic N) is 2. The molecule has 7 nitrogen and oxygen atoms in total. The number of aryl methyl sites for hydroxylation is 1. The highest BCUT2D eigenvalue weighted by molar-refractivity contribution is 6.10. The number of hydrogen-bond acceptors (Lipinski definition) is 5. The Balaban J connectivity index is 1.73. The highest BCUT2D eigenvalue weighted by atomic mass is 16.5. The Bertz CT molecular complexity index is 863. The lowest BCUT2D eigenvalue weighted by atomic mass is 10.1. The molecule has 1 aliphatic heterocycles. The van der Waals surface area contributed by atoms with Crippen molar-refractivity contribution in [2.24, 2.45) is 4.99 Å². The molecule has 1 fully saturated rings. The van der Waals surface area contributed by atoms with Gasteiger partial charge in [-0.05, 0) is 36.2 Å². The van der Waals surface area contributed by atoms with Crippen LogP contribution < -0.4 is 15.4 Å². The van der Waals surface area contributed by atoms with Crippen LogP contribution in [0, 0.1) is 0 Å². The molecular weight excluding hydrogens is 380 g/mol. The van der Waals surface area contributed by atoms with Crippen LogP contribution in [0.5, 0.6) is 5.75 Å². The Kier molecular flexibility index (Phi) is 8.23. The van der Waals surface area contributed by atoms with Gasteiger partial charge in [0.05, 0.1) is 26.9 Å². The maximum absolute atomic E-state index is 12.8. The van der Waals surface area contributed by atoms with E-state index in [9.17, 15) is 4.79 Å². The van der Waals surface area contributed by atoms with Crippen molar-refractivity contribution in [2.75, 3.05) is 51.8 Å². The van der Waals surface area contributed by atoms with Crippen LogP contribution in [0.1, 0.15) is 22.8 Å². The number of rotatable bonds is 7. The van der Waals surface area contributed by atoms with Gasteiger partial charge in [0, 0.05) is 30.9 Å². The fourth-order valence-electron chi connectivity index (χ4n) is 3.26. The number of amides is 1. The van der Waals surface area contributed by atoms with Crippen LogP contribution in [-0.2, 0) is 11.2 Å². The van der Waals surface area contributed by atoms with E-state index in [1.54, 1.807) is 25.3 Å². The van der Waals surface area contributed by atoms with Crippen LogP contribution in [0.3, 0.4) is 0 Å². The summed E-state index contributed by atoms with van der Waals surface area (Å²) in [5.74, 6) is 0.843. The van der Waals surface area contributed by atoms with Gasteiger partial charge in [0.2, 0.25) is 5.96 Å². The van der Waals surface area contributed by atoms with Crippen LogP contribution in [-0.4, -0.2) is 63.3 Å². The van der Waals surface area contributed by atoms with Gasteiger partial charge >= 0.3 is 0 Å². The fraction of sp³-hybridized carbons (Fsp3) is 0.391. The number of carbonyl (C=O) groups is 1. The molecule has 0 aliphatic carbocycles. The lowest BCUT2D eigenvalue weighted by Gasteiger charge is -2.25.